The van der Waals surface area contributed by atoms with Crippen molar-refractivity contribution in [3.8, 4) is 22.8 Å². The molecule has 0 unspecified atom stereocenters. The van der Waals surface area contributed by atoms with E-state index in [1.54, 1.807) is 6.26 Å². The van der Waals surface area contributed by atoms with Crippen LogP contribution in [0.25, 0.3) is 33.1 Å². The molecular weight excluding hydrogens is 394 g/mol. The molecule has 2 aromatic heterocycles. The van der Waals surface area contributed by atoms with E-state index in [1.165, 1.54) is 38.6 Å². The lowest BCUT2D eigenvalue weighted by Crippen LogP contribution is -2.34. The number of pyridine rings is 1. The summed E-state index contributed by atoms with van der Waals surface area (Å²) in [5, 5.41) is 2.50. The topological polar surface area (TPSA) is 26.2 Å². The number of hydrogen-bond acceptors (Lipinski definition) is 2. The van der Waals surface area contributed by atoms with Gasteiger partial charge in [0.25, 0.3) is 11.2 Å². The first-order valence-electron chi connectivity index (χ1n) is 11.7. The van der Waals surface area contributed by atoms with Crippen molar-refractivity contribution in [1.29, 1.82) is 0 Å². The number of rotatable bonds is 3. The van der Waals surface area contributed by atoms with Gasteiger partial charge in [-0.25, -0.2) is 0 Å². The molecule has 1 aliphatic rings. The predicted octanol–water partition coefficient (Wildman–Crippen LogP) is 7.59. The average Bonchev–Trinajstić information content (AvgIpc) is 3.16. The molecule has 0 radical (unpaired) electrons. The van der Waals surface area contributed by atoms with E-state index >= 15 is 0 Å². The highest BCUT2D eigenvalue weighted by Crippen LogP contribution is 2.50. The molecule has 166 valence electrons. The molecule has 3 nitrogen and oxygen atoms in total. The molecule has 2 aromatic carbocycles. The highest BCUT2D eigenvalue weighted by atomic mass is 16.5. The number of fused-ring (bicyclic) bond motifs is 3. The molecule has 3 heteroatoms. The summed E-state index contributed by atoms with van der Waals surface area (Å²) < 4.78 is 15.1. The average molecular weight is 429 g/mol. The fourth-order valence-corrected chi connectivity index (χ4v) is 5.30. The van der Waals surface area contributed by atoms with Gasteiger partial charge in [0.05, 0.1) is 17.4 Å². The minimum absolute atomic E-state index is 0.213. The van der Waals surface area contributed by atoms with E-state index in [-0.39, 0.29) is 5.41 Å². The molecule has 0 aliphatic carbocycles. The van der Waals surface area contributed by atoms with Gasteiger partial charge in [-0.2, -0.15) is 4.57 Å². The van der Waals surface area contributed by atoms with Crippen LogP contribution in [-0.4, -0.2) is 0 Å². The third kappa shape index (κ3) is 3.21. The number of ether oxygens (including phenoxy) is 1. The number of aromatic nitrogens is 1. The molecule has 4 aromatic rings. The summed E-state index contributed by atoms with van der Waals surface area (Å²) in [4.78, 5) is 0. The fourth-order valence-electron chi connectivity index (χ4n) is 5.30. The quantitative estimate of drug-likeness (QED) is 0.277. The first-order chi connectivity index (χ1) is 15.0. The maximum absolute atomic E-state index is 6.81. The Hall–Kier alpha value is -2.81. The number of nitrogens with zero attached hydrogens (tertiary/aromatic N) is 1. The minimum atomic E-state index is 0.213. The van der Waals surface area contributed by atoms with Crippen LogP contribution >= 0.6 is 0 Å². The van der Waals surface area contributed by atoms with Gasteiger partial charge < -0.3 is 9.15 Å². The lowest BCUT2D eigenvalue weighted by atomic mass is 9.84. The van der Waals surface area contributed by atoms with Crippen LogP contribution in [0.1, 0.15) is 56.9 Å². The van der Waals surface area contributed by atoms with Gasteiger partial charge in [-0.05, 0) is 66.2 Å². The Morgan fingerprint density at radius 2 is 1.81 bits per heavy atom. The third-order valence-electron chi connectivity index (χ3n) is 6.68. The van der Waals surface area contributed by atoms with Gasteiger partial charge in [0.1, 0.15) is 12.8 Å². The lowest BCUT2D eigenvalue weighted by molar-refractivity contribution is -0.634. The van der Waals surface area contributed by atoms with Crippen LogP contribution in [0.15, 0.2) is 34.9 Å². The second kappa shape index (κ2) is 7.10. The molecular formula is C29H34NO2+. The van der Waals surface area contributed by atoms with Crippen molar-refractivity contribution >= 4 is 21.9 Å². The van der Waals surface area contributed by atoms with Gasteiger partial charge in [-0.15, -0.1) is 0 Å². The molecule has 0 N–H and O–H groups in total. The van der Waals surface area contributed by atoms with Gasteiger partial charge in [0.15, 0.2) is 0 Å². The van der Waals surface area contributed by atoms with Gasteiger partial charge in [-0.3, -0.25) is 0 Å². The van der Waals surface area contributed by atoms with Crippen molar-refractivity contribution in [2.24, 2.45) is 18.4 Å². The number of hydrogen-bond donors (Lipinski definition) is 0. The maximum Gasteiger partial charge on any atom is 0.257 e. The number of furan rings is 1. The van der Waals surface area contributed by atoms with Gasteiger partial charge in [0, 0.05) is 11.5 Å². The van der Waals surface area contributed by atoms with Crippen molar-refractivity contribution in [2.45, 2.75) is 61.3 Å². The predicted molar refractivity (Wildman–Crippen MR) is 132 cm³/mol. The van der Waals surface area contributed by atoms with Crippen LogP contribution < -0.4 is 9.30 Å². The SMILES string of the molecule is Cc1cc2cc(CC(C)(C)C)cc3c2c(c1C)-c1c(c(CC(C)C)c2occc2[n+]1C)O3. The molecule has 5 rings (SSSR count). The molecule has 1 aliphatic heterocycles. The van der Waals surface area contributed by atoms with Crippen LogP contribution in [0.4, 0.5) is 0 Å². The zero-order chi connectivity index (χ0) is 22.9. The Morgan fingerprint density at radius 3 is 2.50 bits per heavy atom. The molecule has 0 bridgehead atoms. The second-order valence-corrected chi connectivity index (χ2v) is 11.2. The summed E-state index contributed by atoms with van der Waals surface area (Å²) in [5.74, 6) is 2.43. The van der Waals surface area contributed by atoms with Crippen molar-refractivity contribution < 1.29 is 13.7 Å². The summed E-state index contributed by atoms with van der Waals surface area (Å²) >= 11 is 0. The van der Waals surface area contributed by atoms with E-state index in [4.69, 9.17) is 9.15 Å². The van der Waals surface area contributed by atoms with E-state index in [9.17, 15) is 0 Å². The monoisotopic (exact) mass is 428 g/mol. The first-order valence-corrected chi connectivity index (χ1v) is 11.7. The highest BCUT2D eigenvalue weighted by molar-refractivity contribution is 6.05. The smallest absolute Gasteiger partial charge is 0.257 e. The number of benzene rings is 2. The van der Waals surface area contributed by atoms with E-state index in [0.29, 0.717) is 5.92 Å². The molecule has 0 saturated heterocycles. The number of aryl methyl sites for hydroxylation is 2. The Bertz CT molecular complexity index is 1380. The van der Waals surface area contributed by atoms with Gasteiger partial charge >= 0.3 is 0 Å². The molecule has 0 fully saturated rings. The van der Waals surface area contributed by atoms with Crippen LogP contribution in [0, 0.1) is 25.2 Å². The molecule has 0 saturated carbocycles. The summed E-state index contributed by atoms with van der Waals surface area (Å²) in [6.07, 6.45) is 3.73. The van der Waals surface area contributed by atoms with Crippen LogP contribution in [0.3, 0.4) is 0 Å². The Labute approximate surface area is 191 Å². The Morgan fingerprint density at radius 1 is 1.06 bits per heavy atom. The Balaban J connectivity index is 1.90. The second-order valence-electron chi connectivity index (χ2n) is 11.2. The van der Waals surface area contributed by atoms with Crippen LogP contribution in [0.2, 0.25) is 0 Å². The minimum Gasteiger partial charge on any atom is -0.457 e. The van der Waals surface area contributed by atoms with Crippen molar-refractivity contribution in [2.75, 3.05) is 0 Å². The summed E-state index contributed by atoms with van der Waals surface area (Å²) in [7, 11) is 2.13. The molecule has 0 amide bonds. The maximum atomic E-state index is 6.81. The zero-order valence-corrected chi connectivity index (χ0v) is 20.6. The van der Waals surface area contributed by atoms with E-state index in [0.717, 1.165) is 41.1 Å². The third-order valence-corrected chi connectivity index (χ3v) is 6.68. The van der Waals surface area contributed by atoms with Crippen LogP contribution in [-0.2, 0) is 19.9 Å². The van der Waals surface area contributed by atoms with Gasteiger partial charge in [0.2, 0.25) is 11.3 Å². The molecule has 0 atom stereocenters. The van der Waals surface area contributed by atoms with E-state index in [1.807, 2.05) is 0 Å². The largest absolute Gasteiger partial charge is 0.457 e. The standard InChI is InChI=1S/C29H34NO2/c1-16(2)11-21-27-22(9-10-31-27)30(8)26-24-18(4)17(3)12-20-13-19(15-29(5,6)7)14-23(25(20)24)32-28(21)26/h9-10,12-14,16H,11,15H2,1-8H3/q+1. The molecule has 32 heavy (non-hydrogen) atoms. The van der Waals surface area contributed by atoms with Crippen molar-refractivity contribution in [3.63, 3.8) is 0 Å². The normalized spacial score (nSPS) is 13.2. The lowest BCUT2D eigenvalue weighted by Gasteiger charge is -2.26. The summed E-state index contributed by atoms with van der Waals surface area (Å²) in [6.45, 7) is 15.8. The van der Waals surface area contributed by atoms with Crippen LogP contribution in [0.5, 0.6) is 11.5 Å². The zero-order valence-electron chi connectivity index (χ0n) is 20.6. The van der Waals surface area contributed by atoms with Crippen molar-refractivity contribution in [1.82, 2.24) is 0 Å². The molecule has 0 spiro atoms. The van der Waals surface area contributed by atoms with Gasteiger partial charge in [-0.1, -0.05) is 46.8 Å². The highest BCUT2D eigenvalue weighted by Gasteiger charge is 2.36. The summed E-state index contributed by atoms with van der Waals surface area (Å²) in [5.41, 5.74) is 9.87. The fraction of sp³-hybridized carbons (Fsp3) is 0.414. The molecule has 3 heterocycles. The first kappa shape index (κ1) is 21.1. The summed E-state index contributed by atoms with van der Waals surface area (Å²) in [6, 6.07) is 9.02. The Kier molecular flexibility index (Phi) is 4.67. The van der Waals surface area contributed by atoms with E-state index in [2.05, 4.69) is 84.3 Å². The van der Waals surface area contributed by atoms with E-state index < -0.39 is 0 Å². The van der Waals surface area contributed by atoms with Crippen molar-refractivity contribution in [3.05, 3.63) is 52.8 Å².